The minimum atomic E-state index is 0.190. The summed E-state index contributed by atoms with van der Waals surface area (Å²) in [6.45, 7) is 6.72. The lowest BCUT2D eigenvalue weighted by atomic mass is 9.74. The molecule has 0 aromatic rings. The number of rotatable bonds is 2. The first kappa shape index (κ1) is 12.1. The zero-order valence-corrected chi connectivity index (χ0v) is 11.5. The molecule has 1 heterocycles. The van der Waals surface area contributed by atoms with E-state index in [-0.39, 0.29) is 5.41 Å². The highest BCUT2D eigenvalue weighted by molar-refractivity contribution is 7.25. The topological polar surface area (TPSA) is 20.3 Å². The summed E-state index contributed by atoms with van der Waals surface area (Å²) in [6, 6.07) is 0. The molecule has 0 amide bonds. The second kappa shape index (κ2) is 4.49. The average molecular weight is 239 g/mol. The summed E-state index contributed by atoms with van der Waals surface area (Å²) in [7, 11) is 2.68. The standard InChI is InChI=1S/C13H22NOP/c1-3-13(2)8-10(12(16)11(15)9-13)14-6-4-5-7-14/h3-9,16H2,1-2H3. The predicted octanol–water partition coefficient (Wildman–Crippen LogP) is 2.95. The van der Waals surface area contributed by atoms with Crippen molar-refractivity contribution in [1.29, 1.82) is 0 Å². The van der Waals surface area contributed by atoms with Crippen LogP contribution in [-0.2, 0) is 4.79 Å². The summed E-state index contributed by atoms with van der Waals surface area (Å²) in [5.74, 6) is 0.336. The molecule has 1 aliphatic carbocycles. The van der Waals surface area contributed by atoms with Crippen LogP contribution in [0.15, 0.2) is 11.0 Å². The van der Waals surface area contributed by atoms with Crippen LogP contribution in [0.4, 0.5) is 0 Å². The number of Topliss-reactive ketones (excluding diaryl/α,β-unsaturated/α-hetero) is 1. The van der Waals surface area contributed by atoms with Crippen LogP contribution in [0.5, 0.6) is 0 Å². The Kier molecular flexibility index (Phi) is 3.39. The smallest absolute Gasteiger partial charge is 0.165 e. The summed E-state index contributed by atoms with van der Waals surface area (Å²) < 4.78 is 0. The van der Waals surface area contributed by atoms with Crippen molar-refractivity contribution < 1.29 is 4.79 Å². The van der Waals surface area contributed by atoms with Gasteiger partial charge in [-0.15, -0.1) is 0 Å². The van der Waals surface area contributed by atoms with Crippen molar-refractivity contribution in [2.24, 2.45) is 5.41 Å². The summed E-state index contributed by atoms with van der Waals surface area (Å²) >= 11 is 0. The summed E-state index contributed by atoms with van der Waals surface area (Å²) in [4.78, 5) is 14.5. The lowest BCUT2D eigenvalue weighted by molar-refractivity contribution is -0.117. The molecule has 0 spiro atoms. The number of ketones is 1. The second-order valence-electron chi connectivity index (χ2n) is 5.50. The fourth-order valence-electron chi connectivity index (χ4n) is 2.72. The molecule has 2 nitrogen and oxygen atoms in total. The largest absolute Gasteiger partial charge is 0.374 e. The molecule has 16 heavy (non-hydrogen) atoms. The third kappa shape index (κ3) is 2.18. The summed E-state index contributed by atoms with van der Waals surface area (Å²) in [5.41, 5.74) is 1.50. The van der Waals surface area contributed by atoms with Gasteiger partial charge in [0.15, 0.2) is 5.78 Å². The Morgan fingerprint density at radius 1 is 1.31 bits per heavy atom. The van der Waals surface area contributed by atoms with Crippen LogP contribution < -0.4 is 0 Å². The van der Waals surface area contributed by atoms with Crippen LogP contribution in [0.25, 0.3) is 0 Å². The molecule has 1 saturated heterocycles. The Labute approximate surface area is 101 Å². The number of carbonyl (C=O) groups excluding carboxylic acids is 1. The molecule has 2 rings (SSSR count). The first-order valence-corrected chi connectivity index (χ1v) is 6.90. The van der Waals surface area contributed by atoms with Crippen LogP contribution >= 0.6 is 9.24 Å². The maximum absolute atomic E-state index is 12.0. The highest BCUT2D eigenvalue weighted by Crippen LogP contribution is 2.43. The van der Waals surface area contributed by atoms with Crippen molar-refractivity contribution in [1.82, 2.24) is 4.90 Å². The fraction of sp³-hybridized carbons (Fsp3) is 0.769. The van der Waals surface area contributed by atoms with Gasteiger partial charge < -0.3 is 4.90 Å². The number of hydrogen-bond acceptors (Lipinski definition) is 2. The zero-order chi connectivity index (χ0) is 11.8. The molecule has 2 unspecified atom stereocenters. The SMILES string of the molecule is CCC1(C)CC(=O)C(P)=C(N2CCCC2)C1. The minimum absolute atomic E-state index is 0.190. The van der Waals surface area contributed by atoms with Gasteiger partial charge in [0.2, 0.25) is 0 Å². The molecule has 3 heteroatoms. The molecule has 0 N–H and O–H groups in total. The first-order chi connectivity index (χ1) is 7.56. The van der Waals surface area contributed by atoms with Crippen LogP contribution in [0.3, 0.4) is 0 Å². The Hall–Kier alpha value is -0.360. The van der Waals surface area contributed by atoms with E-state index in [4.69, 9.17) is 0 Å². The van der Waals surface area contributed by atoms with Crippen molar-refractivity contribution in [3.63, 3.8) is 0 Å². The molecule has 2 aliphatic rings. The molecule has 1 aliphatic heterocycles. The normalized spacial score (nSPS) is 31.4. The van der Waals surface area contributed by atoms with Gasteiger partial charge in [-0.05, 0) is 31.1 Å². The van der Waals surface area contributed by atoms with Crippen molar-refractivity contribution in [2.45, 2.75) is 46.0 Å². The minimum Gasteiger partial charge on any atom is -0.374 e. The van der Waals surface area contributed by atoms with E-state index in [0.29, 0.717) is 5.78 Å². The van der Waals surface area contributed by atoms with Gasteiger partial charge in [0.1, 0.15) is 0 Å². The summed E-state index contributed by atoms with van der Waals surface area (Å²) in [5, 5.41) is 0.952. The first-order valence-electron chi connectivity index (χ1n) is 6.32. The van der Waals surface area contributed by atoms with Gasteiger partial charge in [0, 0.05) is 30.5 Å². The molecule has 1 fully saturated rings. The van der Waals surface area contributed by atoms with Crippen LogP contribution in [-0.4, -0.2) is 23.8 Å². The van der Waals surface area contributed by atoms with Gasteiger partial charge >= 0.3 is 0 Å². The number of nitrogens with zero attached hydrogens (tertiary/aromatic N) is 1. The van der Waals surface area contributed by atoms with Gasteiger partial charge in [-0.25, -0.2) is 0 Å². The van der Waals surface area contributed by atoms with E-state index in [9.17, 15) is 4.79 Å². The Morgan fingerprint density at radius 3 is 2.50 bits per heavy atom. The Bertz CT molecular complexity index is 331. The number of allylic oxidation sites excluding steroid dienone is 2. The molecule has 0 aromatic heterocycles. The molecule has 90 valence electrons. The highest BCUT2D eigenvalue weighted by atomic mass is 31.0. The van der Waals surface area contributed by atoms with E-state index < -0.39 is 0 Å². The number of hydrogen-bond donors (Lipinski definition) is 0. The van der Waals surface area contributed by atoms with Gasteiger partial charge in [-0.3, -0.25) is 4.79 Å². The van der Waals surface area contributed by atoms with Gasteiger partial charge in [0.05, 0.1) is 0 Å². The summed E-state index contributed by atoms with van der Waals surface area (Å²) in [6.07, 6.45) is 5.44. The molecule has 0 bridgehead atoms. The maximum Gasteiger partial charge on any atom is 0.165 e. The Balaban J connectivity index is 2.26. The fourth-order valence-corrected chi connectivity index (χ4v) is 3.11. The second-order valence-corrected chi connectivity index (χ2v) is 6.07. The van der Waals surface area contributed by atoms with E-state index in [1.807, 2.05) is 0 Å². The lowest BCUT2D eigenvalue weighted by Gasteiger charge is -2.37. The lowest BCUT2D eigenvalue weighted by Crippen LogP contribution is -2.33. The zero-order valence-electron chi connectivity index (χ0n) is 10.4. The molecule has 0 radical (unpaired) electrons. The van der Waals surface area contributed by atoms with Crippen molar-refractivity contribution in [3.05, 3.63) is 11.0 Å². The van der Waals surface area contributed by atoms with Gasteiger partial charge in [-0.2, -0.15) is 0 Å². The third-order valence-electron chi connectivity index (χ3n) is 4.13. The van der Waals surface area contributed by atoms with Gasteiger partial charge in [-0.1, -0.05) is 23.1 Å². The van der Waals surface area contributed by atoms with E-state index in [2.05, 4.69) is 28.0 Å². The van der Waals surface area contributed by atoms with Crippen LogP contribution in [0.1, 0.15) is 46.0 Å². The molecular weight excluding hydrogens is 217 g/mol. The molecule has 0 aromatic carbocycles. The third-order valence-corrected chi connectivity index (χ3v) is 4.79. The van der Waals surface area contributed by atoms with Crippen molar-refractivity contribution >= 4 is 15.0 Å². The highest BCUT2D eigenvalue weighted by Gasteiger charge is 2.35. The molecule has 0 saturated carbocycles. The predicted molar refractivity (Wildman–Crippen MR) is 70.2 cm³/mol. The Morgan fingerprint density at radius 2 is 1.94 bits per heavy atom. The van der Waals surface area contributed by atoms with Crippen molar-refractivity contribution in [2.75, 3.05) is 13.1 Å². The average Bonchev–Trinajstić information content (AvgIpc) is 2.77. The van der Waals surface area contributed by atoms with E-state index in [0.717, 1.165) is 37.7 Å². The maximum atomic E-state index is 12.0. The number of likely N-dealkylation sites (tertiary alicyclic amines) is 1. The van der Waals surface area contributed by atoms with Gasteiger partial charge in [0.25, 0.3) is 0 Å². The van der Waals surface area contributed by atoms with E-state index in [1.54, 1.807) is 0 Å². The van der Waals surface area contributed by atoms with Crippen molar-refractivity contribution in [3.8, 4) is 0 Å². The monoisotopic (exact) mass is 239 g/mol. The molecule has 2 atom stereocenters. The van der Waals surface area contributed by atoms with Crippen LogP contribution in [0, 0.1) is 5.41 Å². The van der Waals surface area contributed by atoms with E-state index in [1.165, 1.54) is 18.5 Å². The quantitative estimate of drug-likeness (QED) is 0.690. The molecular formula is C13H22NOP. The number of carbonyl (C=O) groups is 1. The van der Waals surface area contributed by atoms with E-state index >= 15 is 0 Å². The van der Waals surface area contributed by atoms with Crippen LogP contribution in [0.2, 0.25) is 0 Å².